The summed E-state index contributed by atoms with van der Waals surface area (Å²) in [6.45, 7) is 0.419. The fraction of sp³-hybridized carbons (Fsp3) is 0.150. The summed E-state index contributed by atoms with van der Waals surface area (Å²) in [7, 11) is 0. The third-order valence-electron chi connectivity index (χ3n) is 4.46. The number of hydrogen-bond acceptors (Lipinski definition) is 4. The highest BCUT2D eigenvalue weighted by Crippen LogP contribution is 2.20. The van der Waals surface area contributed by atoms with E-state index in [1.807, 2.05) is 47.0 Å². The van der Waals surface area contributed by atoms with Crippen molar-refractivity contribution >= 4 is 17.0 Å². The summed E-state index contributed by atoms with van der Waals surface area (Å²) in [5, 5.41) is 0. The molecule has 7 nitrogen and oxygen atoms in total. The van der Waals surface area contributed by atoms with Crippen LogP contribution in [0.15, 0.2) is 64.1 Å². The van der Waals surface area contributed by atoms with Gasteiger partial charge in [-0.15, -0.1) is 0 Å². The lowest BCUT2D eigenvalue weighted by atomic mass is 10.1. The van der Waals surface area contributed by atoms with Gasteiger partial charge in [0.15, 0.2) is 5.58 Å². The van der Waals surface area contributed by atoms with Crippen molar-refractivity contribution in [2.45, 2.75) is 19.4 Å². The number of imidazole rings is 1. The standard InChI is InChI=1S/C20H18N4O3/c21-18(25)10-17-16(9-13-5-2-1-3-6-13)22-12-24(17)11-14-7-4-8-15-19(14)27-20(26)23-15/h1-8,12H,9-11H2,(H2,21,25)(H,23,26). The third-order valence-corrected chi connectivity index (χ3v) is 4.46. The molecule has 0 spiro atoms. The van der Waals surface area contributed by atoms with Gasteiger partial charge in [0, 0.05) is 12.0 Å². The molecule has 0 aliphatic heterocycles. The van der Waals surface area contributed by atoms with E-state index >= 15 is 0 Å². The van der Waals surface area contributed by atoms with Crippen LogP contribution >= 0.6 is 0 Å². The van der Waals surface area contributed by atoms with Gasteiger partial charge >= 0.3 is 5.76 Å². The molecule has 0 radical (unpaired) electrons. The number of para-hydroxylation sites is 1. The van der Waals surface area contributed by atoms with E-state index in [0.29, 0.717) is 24.1 Å². The van der Waals surface area contributed by atoms with Crippen LogP contribution in [0.3, 0.4) is 0 Å². The first kappa shape index (κ1) is 16.8. The molecular weight excluding hydrogens is 344 g/mol. The molecular formula is C20H18N4O3. The number of oxazole rings is 1. The minimum Gasteiger partial charge on any atom is -0.407 e. The van der Waals surface area contributed by atoms with E-state index in [1.165, 1.54) is 0 Å². The molecule has 0 saturated heterocycles. The normalized spacial score (nSPS) is 11.1. The van der Waals surface area contributed by atoms with Gasteiger partial charge in [-0.1, -0.05) is 42.5 Å². The summed E-state index contributed by atoms with van der Waals surface area (Å²) < 4.78 is 7.14. The molecule has 0 fully saturated rings. The summed E-state index contributed by atoms with van der Waals surface area (Å²) in [5.41, 5.74) is 10.1. The van der Waals surface area contributed by atoms with Gasteiger partial charge in [-0.25, -0.2) is 9.78 Å². The predicted octanol–water partition coefficient (Wildman–Crippen LogP) is 1.98. The van der Waals surface area contributed by atoms with Crippen LogP contribution in [0, 0.1) is 0 Å². The van der Waals surface area contributed by atoms with Gasteiger partial charge in [-0.3, -0.25) is 9.78 Å². The highest BCUT2D eigenvalue weighted by molar-refractivity contribution is 5.77. The second-order valence-corrected chi connectivity index (χ2v) is 6.38. The zero-order valence-electron chi connectivity index (χ0n) is 14.5. The predicted molar refractivity (Wildman–Crippen MR) is 100 cm³/mol. The van der Waals surface area contributed by atoms with E-state index in [4.69, 9.17) is 10.2 Å². The van der Waals surface area contributed by atoms with Crippen molar-refractivity contribution in [3.05, 3.63) is 87.9 Å². The average molecular weight is 362 g/mol. The highest BCUT2D eigenvalue weighted by atomic mass is 16.4. The summed E-state index contributed by atoms with van der Waals surface area (Å²) in [5.74, 6) is -0.914. The summed E-state index contributed by atoms with van der Waals surface area (Å²) >= 11 is 0. The maximum Gasteiger partial charge on any atom is 0.417 e. The molecule has 4 aromatic rings. The first-order chi connectivity index (χ1) is 13.1. The molecule has 0 bridgehead atoms. The molecule has 2 aromatic heterocycles. The van der Waals surface area contributed by atoms with Crippen LogP contribution in [0.1, 0.15) is 22.5 Å². The number of nitrogens with two attached hydrogens (primary N) is 1. The molecule has 27 heavy (non-hydrogen) atoms. The minimum absolute atomic E-state index is 0.0925. The third kappa shape index (κ3) is 3.52. The van der Waals surface area contributed by atoms with Gasteiger partial charge in [0.25, 0.3) is 0 Å². The Morgan fingerprint density at radius 1 is 1.15 bits per heavy atom. The number of aromatic nitrogens is 3. The largest absolute Gasteiger partial charge is 0.417 e. The van der Waals surface area contributed by atoms with Crippen LogP contribution in [0.25, 0.3) is 11.1 Å². The van der Waals surface area contributed by atoms with Crippen molar-refractivity contribution < 1.29 is 9.21 Å². The quantitative estimate of drug-likeness (QED) is 0.547. The Balaban J connectivity index is 1.71. The van der Waals surface area contributed by atoms with Crippen LogP contribution in [-0.2, 0) is 24.2 Å². The lowest BCUT2D eigenvalue weighted by Crippen LogP contribution is -2.18. The number of rotatable bonds is 6. The summed E-state index contributed by atoms with van der Waals surface area (Å²) in [6, 6.07) is 15.4. The van der Waals surface area contributed by atoms with E-state index in [-0.39, 0.29) is 6.42 Å². The number of carbonyl (C=O) groups excluding carboxylic acids is 1. The fourth-order valence-corrected chi connectivity index (χ4v) is 3.23. The second kappa shape index (κ2) is 6.95. The number of hydrogen-bond donors (Lipinski definition) is 2. The Bertz CT molecular complexity index is 1150. The van der Waals surface area contributed by atoms with Crippen molar-refractivity contribution in [3.8, 4) is 0 Å². The van der Waals surface area contributed by atoms with E-state index in [2.05, 4.69) is 9.97 Å². The maximum atomic E-state index is 11.6. The number of carbonyl (C=O) groups is 1. The lowest BCUT2D eigenvalue weighted by molar-refractivity contribution is -0.117. The molecule has 2 heterocycles. The molecule has 136 valence electrons. The average Bonchev–Trinajstić information content (AvgIpc) is 3.20. The van der Waals surface area contributed by atoms with Crippen molar-refractivity contribution in [3.63, 3.8) is 0 Å². The van der Waals surface area contributed by atoms with Crippen molar-refractivity contribution in [2.75, 3.05) is 0 Å². The molecule has 2 aromatic carbocycles. The molecule has 0 aliphatic rings. The Morgan fingerprint density at radius 3 is 2.74 bits per heavy atom. The Labute approximate surface area is 154 Å². The number of H-pyrrole nitrogens is 1. The molecule has 7 heteroatoms. The molecule has 0 saturated carbocycles. The van der Waals surface area contributed by atoms with Gasteiger partial charge in [0.05, 0.1) is 36.2 Å². The number of primary amides is 1. The Kier molecular flexibility index (Phi) is 4.33. The van der Waals surface area contributed by atoms with Crippen LogP contribution in [0.4, 0.5) is 0 Å². The molecule has 4 rings (SSSR count). The number of amides is 1. The van der Waals surface area contributed by atoms with Gasteiger partial charge in [-0.2, -0.15) is 0 Å². The zero-order valence-corrected chi connectivity index (χ0v) is 14.5. The molecule has 3 N–H and O–H groups in total. The number of nitrogens with one attached hydrogen (secondary N) is 1. The van der Waals surface area contributed by atoms with Gasteiger partial charge in [0.2, 0.25) is 5.91 Å². The maximum absolute atomic E-state index is 11.6. The van der Waals surface area contributed by atoms with E-state index in [1.54, 1.807) is 12.4 Å². The van der Waals surface area contributed by atoms with Gasteiger partial charge in [-0.05, 0) is 11.6 Å². The fourth-order valence-electron chi connectivity index (χ4n) is 3.23. The Hall–Kier alpha value is -3.61. The lowest BCUT2D eigenvalue weighted by Gasteiger charge is -2.09. The van der Waals surface area contributed by atoms with E-state index < -0.39 is 11.7 Å². The molecule has 0 atom stereocenters. The van der Waals surface area contributed by atoms with E-state index in [9.17, 15) is 9.59 Å². The first-order valence-corrected chi connectivity index (χ1v) is 8.56. The number of nitrogens with zero attached hydrogens (tertiary/aromatic N) is 2. The van der Waals surface area contributed by atoms with Gasteiger partial charge in [0.1, 0.15) is 0 Å². The van der Waals surface area contributed by atoms with Crippen LogP contribution in [0.2, 0.25) is 0 Å². The molecule has 0 unspecified atom stereocenters. The number of aromatic amines is 1. The summed E-state index contributed by atoms with van der Waals surface area (Å²) in [4.78, 5) is 30.3. The van der Waals surface area contributed by atoms with Crippen molar-refractivity contribution in [1.82, 2.24) is 14.5 Å². The van der Waals surface area contributed by atoms with Gasteiger partial charge < -0.3 is 14.7 Å². The number of benzene rings is 2. The second-order valence-electron chi connectivity index (χ2n) is 6.38. The topological polar surface area (TPSA) is 107 Å². The minimum atomic E-state index is -0.495. The van der Waals surface area contributed by atoms with Crippen molar-refractivity contribution in [1.29, 1.82) is 0 Å². The molecule has 0 aliphatic carbocycles. The first-order valence-electron chi connectivity index (χ1n) is 8.56. The smallest absolute Gasteiger partial charge is 0.407 e. The van der Waals surface area contributed by atoms with Crippen LogP contribution in [-0.4, -0.2) is 20.4 Å². The monoisotopic (exact) mass is 362 g/mol. The SMILES string of the molecule is NC(=O)Cc1c(Cc2ccccc2)ncn1Cc1cccc2[nH]c(=O)oc12. The number of fused-ring (bicyclic) bond motifs is 1. The van der Waals surface area contributed by atoms with E-state index in [0.717, 1.165) is 22.5 Å². The van der Waals surface area contributed by atoms with Crippen LogP contribution < -0.4 is 11.5 Å². The summed E-state index contributed by atoms with van der Waals surface area (Å²) in [6.07, 6.45) is 2.40. The zero-order chi connectivity index (χ0) is 18.8. The highest BCUT2D eigenvalue weighted by Gasteiger charge is 2.16. The van der Waals surface area contributed by atoms with Crippen LogP contribution in [0.5, 0.6) is 0 Å². The Morgan fingerprint density at radius 2 is 1.96 bits per heavy atom. The van der Waals surface area contributed by atoms with Crippen molar-refractivity contribution in [2.24, 2.45) is 5.73 Å². The molecule has 1 amide bonds.